The molecule has 65 heavy (non-hydrogen) atoms. The summed E-state index contributed by atoms with van der Waals surface area (Å²) in [5, 5.41) is 10.3. The van der Waals surface area contributed by atoms with Crippen LogP contribution in [0.1, 0.15) is 44.1 Å². The number of pyridine rings is 2. The Labute approximate surface area is 379 Å². The van der Waals surface area contributed by atoms with E-state index in [1.165, 1.54) is 126 Å². The molecule has 0 spiro atoms. The number of imidazole rings is 1. The maximum atomic E-state index is 4.94. The van der Waals surface area contributed by atoms with Crippen LogP contribution in [0, 0.1) is 17.8 Å². The van der Waals surface area contributed by atoms with Crippen LogP contribution in [0.5, 0.6) is 0 Å². The molecule has 4 aliphatic carbocycles. The van der Waals surface area contributed by atoms with Gasteiger partial charge in [0.15, 0.2) is 0 Å². The SMILES string of the molecule is c1ccc2c(-c3cc(-c4c5ccccc5c(-c5ccc(-c6cn7ccccc7n6)cc5)c5ccccc45)cc(C45CC6CC(CC(C6)C4)C5)c3)c3ccccc3c(-c3ccncc3)c2c1. The fourth-order valence-corrected chi connectivity index (χ4v) is 13.6. The summed E-state index contributed by atoms with van der Waals surface area (Å²) >= 11 is 0. The third-order valence-corrected chi connectivity index (χ3v) is 15.8. The third kappa shape index (κ3) is 5.81. The van der Waals surface area contributed by atoms with Gasteiger partial charge >= 0.3 is 0 Å². The van der Waals surface area contributed by atoms with Crippen LogP contribution in [0.2, 0.25) is 0 Å². The molecule has 15 rings (SSSR count). The first-order chi connectivity index (χ1) is 32.1. The van der Waals surface area contributed by atoms with Gasteiger partial charge in [-0.25, -0.2) is 4.98 Å². The van der Waals surface area contributed by atoms with Crippen LogP contribution in [0.3, 0.4) is 0 Å². The first kappa shape index (κ1) is 37.1. The van der Waals surface area contributed by atoms with Crippen molar-refractivity contribution in [1.82, 2.24) is 14.4 Å². The summed E-state index contributed by atoms with van der Waals surface area (Å²) in [6, 6.07) is 64.0. The minimum atomic E-state index is 0.205. The van der Waals surface area contributed by atoms with Gasteiger partial charge in [-0.2, -0.15) is 0 Å². The second-order valence-corrected chi connectivity index (χ2v) is 19.6. The average molecular weight is 834 g/mol. The monoisotopic (exact) mass is 833 g/mol. The number of rotatable bonds is 6. The van der Waals surface area contributed by atoms with E-state index in [1.54, 1.807) is 5.56 Å². The maximum absolute atomic E-state index is 4.94. The van der Waals surface area contributed by atoms with Gasteiger partial charge in [0, 0.05) is 30.4 Å². The van der Waals surface area contributed by atoms with Crippen LogP contribution >= 0.6 is 0 Å². The van der Waals surface area contributed by atoms with Crippen LogP contribution in [0.25, 0.3) is 105 Å². The Morgan fingerprint density at radius 1 is 0.400 bits per heavy atom. The minimum absolute atomic E-state index is 0.205. The van der Waals surface area contributed by atoms with Crippen molar-refractivity contribution in [1.29, 1.82) is 0 Å². The van der Waals surface area contributed by atoms with Gasteiger partial charge in [0.25, 0.3) is 0 Å². The van der Waals surface area contributed by atoms with Gasteiger partial charge in [-0.1, -0.05) is 140 Å². The highest BCUT2D eigenvalue weighted by Gasteiger charge is 2.51. The summed E-state index contributed by atoms with van der Waals surface area (Å²) in [6.07, 6.45) is 16.2. The summed E-state index contributed by atoms with van der Waals surface area (Å²) in [5.74, 6) is 2.53. The largest absolute Gasteiger partial charge is 0.306 e. The molecule has 0 radical (unpaired) electrons. The van der Waals surface area contributed by atoms with Gasteiger partial charge in [-0.05, 0) is 185 Å². The Kier molecular flexibility index (Phi) is 8.17. The van der Waals surface area contributed by atoms with Crippen molar-refractivity contribution < 1.29 is 0 Å². The van der Waals surface area contributed by atoms with Crippen molar-refractivity contribution >= 4 is 48.7 Å². The number of nitrogens with zero attached hydrogens (tertiary/aromatic N) is 3. The molecule has 4 bridgehead atoms. The summed E-state index contributed by atoms with van der Waals surface area (Å²) in [7, 11) is 0. The Bertz CT molecular complexity index is 3510. The van der Waals surface area contributed by atoms with Crippen LogP contribution in [-0.4, -0.2) is 14.4 Å². The van der Waals surface area contributed by atoms with Crippen molar-refractivity contribution in [3.8, 4) is 55.8 Å². The molecule has 11 aromatic rings. The van der Waals surface area contributed by atoms with Crippen molar-refractivity contribution in [3.05, 3.63) is 200 Å². The Morgan fingerprint density at radius 2 is 0.800 bits per heavy atom. The molecule has 0 saturated heterocycles. The van der Waals surface area contributed by atoms with Gasteiger partial charge < -0.3 is 4.40 Å². The molecule has 0 N–H and O–H groups in total. The fraction of sp³-hybridized carbons (Fsp3) is 0.161. The standard InChI is InChI=1S/C62H47N3/c1-5-15-52-48(11-1)58(43-22-20-42(21-23-43)56-38-65-28-10-9-19-57(65)64-56)49-12-2-6-16-53(49)60(52)45-32-46(34-47(33-45)62-35-39-29-40(36-62)31-41(30-39)37-62)61-54-17-7-3-13-50(54)59(44-24-26-63-27-25-44)51-14-4-8-18-55(51)61/h1-28,32-34,38-41H,29-31,35-37H2. The van der Waals surface area contributed by atoms with Gasteiger partial charge in [0.2, 0.25) is 0 Å². The van der Waals surface area contributed by atoms with Crippen LogP contribution in [0.4, 0.5) is 0 Å². The van der Waals surface area contributed by atoms with Gasteiger partial charge in [0.05, 0.1) is 5.69 Å². The lowest BCUT2D eigenvalue weighted by molar-refractivity contribution is -0.00515. The molecule has 8 aromatic carbocycles. The van der Waals surface area contributed by atoms with E-state index in [0.717, 1.165) is 34.7 Å². The molecule has 3 nitrogen and oxygen atoms in total. The van der Waals surface area contributed by atoms with Crippen molar-refractivity contribution in [2.45, 2.75) is 43.9 Å². The Balaban J connectivity index is 1.03. The number of hydrogen-bond acceptors (Lipinski definition) is 2. The minimum Gasteiger partial charge on any atom is -0.306 e. The number of fused-ring (bicyclic) bond motifs is 5. The summed E-state index contributed by atoms with van der Waals surface area (Å²) in [4.78, 5) is 9.34. The third-order valence-electron chi connectivity index (χ3n) is 15.8. The summed E-state index contributed by atoms with van der Waals surface area (Å²) in [5.41, 5.74) is 15.1. The lowest BCUT2D eigenvalue weighted by Gasteiger charge is -2.57. The molecule has 0 amide bonds. The van der Waals surface area contributed by atoms with Crippen molar-refractivity contribution in [2.75, 3.05) is 0 Å². The van der Waals surface area contributed by atoms with E-state index in [2.05, 4.69) is 180 Å². The Hall–Kier alpha value is -7.36. The summed E-state index contributed by atoms with van der Waals surface area (Å²) in [6.45, 7) is 0. The summed E-state index contributed by atoms with van der Waals surface area (Å²) < 4.78 is 2.09. The predicted octanol–water partition coefficient (Wildman–Crippen LogP) is 16.1. The highest BCUT2D eigenvalue weighted by Crippen LogP contribution is 2.62. The highest BCUT2D eigenvalue weighted by molar-refractivity contribution is 6.23. The van der Waals surface area contributed by atoms with Gasteiger partial charge in [0.1, 0.15) is 5.65 Å². The lowest BCUT2D eigenvalue weighted by atomic mass is 9.48. The van der Waals surface area contributed by atoms with Crippen LogP contribution in [-0.2, 0) is 5.41 Å². The van der Waals surface area contributed by atoms with Crippen LogP contribution < -0.4 is 0 Å². The van der Waals surface area contributed by atoms with E-state index >= 15 is 0 Å². The van der Waals surface area contributed by atoms with Crippen molar-refractivity contribution in [3.63, 3.8) is 0 Å². The topological polar surface area (TPSA) is 30.2 Å². The average Bonchev–Trinajstić information content (AvgIpc) is 3.79. The molecule has 3 aromatic heterocycles. The molecule has 4 fully saturated rings. The zero-order valence-corrected chi connectivity index (χ0v) is 36.3. The van der Waals surface area contributed by atoms with E-state index < -0.39 is 0 Å². The molecule has 4 aliphatic rings. The number of benzene rings is 8. The number of aromatic nitrogens is 3. The molecule has 0 aliphatic heterocycles. The van der Waals surface area contributed by atoms with E-state index in [1.807, 2.05) is 24.5 Å². The lowest BCUT2D eigenvalue weighted by Crippen LogP contribution is -2.48. The Morgan fingerprint density at radius 3 is 1.25 bits per heavy atom. The second-order valence-electron chi connectivity index (χ2n) is 19.6. The zero-order chi connectivity index (χ0) is 42.6. The first-order valence-corrected chi connectivity index (χ1v) is 23.6. The van der Waals surface area contributed by atoms with E-state index in [9.17, 15) is 0 Å². The van der Waals surface area contributed by atoms with E-state index in [4.69, 9.17) is 4.98 Å². The van der Waals surface area contributed by atoms with Crippen molar-refractivity contribution in [2.24, 2.45) is 17.8 Å². The quantitative estimate of drug-likeness (QED) is 0.156. The smallest absolute Gasteiger partial charge is 0.137 e. The van der Waals surface area contributed by atoms with Crippen LogP contribution in [0.15, 0.2) is 195 Å². The normalized spacial score (nSPS) is 20.2. The highest BCUT2D eigenvalue weighted by atomic mass is 15.0. The molecule has 4 saturated carbocycles. The van der Waals surface area contributed by atoms with E-state index in [0.29, 0.717) is 0 Å². The predicted molar refractivity (Wildman–Crippen MR) is 270 cm³/mol. The molecule has 0 unspecified atom stereocenters. The molecule has 3 heterocycles. The molecule has 0 atom stereocenters. The first-order valence-electron chi connectivity index (χ1n) is 23.6. The van der Waals surface area contributed by atoms with E-state index in [-0.39, 0.29) is 5.41 Å². The molecule has 310 valence electrons. The molecular formula is C62H47N3. The second kappa shape index (κ2) is 14.3. The van der Waals surface area contributed by atoms with Gasteiger partial charge in [-0.15, -0.1) is 0 Å². The fourth-order valence-electron chi connectivity index (χ4n) is 13.6. The number of hydrogen-bond donors (Lipinski definition) is 0. The maximum Gasteiger partial charge on any atom is 0.137 e. The van der Waals surface area contributed by atoms with Gasteiger partial charge in [-0.3, -0.25) is 4.98 Å². The molecular weight excluding hydrogens is 787 g/mol. The zero-order valence-electron chi connectivity index (χ0n) is 36.3. The molecule has 3 heteroatoms.